The van der Waals surface area contributed by atoms with E-state index in [-0.39, 0.29) is 17.9 Å². The van der Waals surface area contributed by atoms with Crippen LogP contribution in [-0.2, 0) is 0 Å². The molecule has 0 saturated heterocycles. The molecule has 0 radical (unpaired) electrons. The van der Waals surface area contributed by atoms with Gasteiger partial charge < -0.3 is 10.6 Å². The van der Waals surface area contributed by atoms with Crippen LogP contribution in [0.2, 0.25) is 0 Å². The van der Waals surface area contributed by atoms with Gasteiger partial charge in [-0.3, -0.25) is 0 Å². The van der Waals surface area contributed by atoms with Crippen LogP contribution >= 0.6 is 0 Å². The second-order valence-electron chi connectivity index (χ2n) is 8.19. The molecule has 0 saturated carbocycles. The first-order valence-electron chi connectivity index (χ1n) is 11.5. The summed E-state index contributed by atoms with van der Waals surface area (Å²) in [5.41, 5.74) is 4.15. The van der Waals surface area contributed by atoms with E-state index in [0.29, 0.717) is 5.95 Å². The zero-order valence-corrected chi connectivity index (χ0v) is 19.1. The minimum atomic E-state index is -0.511. The van der Waals surface area contributed by atoms with Gasteiger partial charge in [-0.1, -0.05) is 121 Å². The van der Waals surface area contributed by atoms with Crippen LogP contribution in [0.3, 0.4) is 0 Å². The van der Waals surface area contributed by atoms with Crippen molar-refractivity contribution in [1.29, 1.82) is 0 Å². The summed E-state index contributed by atoms with van der Waals surface area (Å²) >= 11 is 0. The number of aromatic nitrogens is 2. The quantitative estimate of drug-likeness (QED) is 0.261. The highest BCUT2D eigenvalue weighted by Crippen LogP contribution is 2.29. The number of benzene rings is 4. The lowest BCUT2D eigenvalue weighted by Crippen LogP contribution is -2.17. The van der Waals surface area contributed by atoms with E-state index in [0.717, 1.165) is 22.3 Å². The van der Waals surface area contributed by atoms with Crippen LogP contribution in [0.4, 0.5) is 16.2 Å². The lowest BCUT2D eigenvalue weighted by molar-refractivity contribution is 0.615. The Morgan fingerprint density at radius 3 is 1.29 bits per heavy atom. The molecule has 172 valence electrons. The molecule has 0 bridgehead atoms. The highest BCUT2D eigenvalue weighted by Gasteiger charge is 2.19. The van der Waals surface area contributed by atoms with Gasteiger partial charge in [-0.25, -0.2) is 9.37 Å². The number of hydrogen-bond acceptors (Lipinski definition) is 4. The van der Waals surface area contributed by atoms with Crippen molar-refractivity contribution in [2.75, 3.05) is 10.6 Å². The van der Waals surface area contributed by atoms with E-state index in [4.69, 9.17) is 0 Å². The van der Waals surface area contributed by atoms with E-state index in [9.17, 15) is 4.39 Å². The van der Waals surface area contributed by atoms with Crippen LogP contribution in [0.1, 0.15) is 34.3 Å². The first-order chi connectivity index (χ1) is 17.3. The van der Waals surface area contributed by atoms with Gasteiger partial charge in [0.25, 0.3) is 0 Å². The predicted octanol–water partition coefficient (Wildman–Crippen LogP) is 7.02. The standard InChI is InChI=1S/C30H25FN4/c31-26-21-32-30(34-28(24-17-9-3-10-18-24)25-19-11-4-12-20-25)35-29(26)33-27(22-13-5-1-6-14-22)23-15-7-2-8-16-23/h1-21,27-28H,(H2,32,33,34,35). The predicted molar refractivity (Wildman–Crippen MR) is 139 cm³/mol. The minimum absolute atomic E-state index is 0.139. The third-order valence-corrected chi connectivity index (χ3v) is 5.83. The van der Waals surface area contributed by atoms with Crippen LogP contribution in [-0.4, -0.2) is 9.97 Å². The van der Waals surface area contributed by atoms with Crippen molar-refractivity contribution in [2.24, 2.45) is 0 Å². The summed E-state index contributed by atoms with van der Waals surface area (Å²) in [5.74, 6) is -0.0325. The molecule has 0 aliphatic heterocycles. The van der Waals surface area contributed by atoms with Gasteiger partial charge in [0.2, 0.25) is 5.95 Å². The average molecular weight is 461 g/mol. The molecule has 1 heterocycles. The summed E-state index contributed by atoms with van der Waals surface area (Å²) in [6.45, 7) is 0. The van der Waals surface area contributed by atoms with E-state index in [2.05, 4.69) is 20.6 Å². The third kappa shape index (κ3) is 5.36. The fraction of sp³-hybridized carbons (Fsp3) is 0.0667. The second kappa shape index (κ2) is 10.6. The van der Waals surface area contributed by atoms with E-state index in [1.165, 1.54) is 6.20 Å². The zero-order chi connectivity index (χ0) is 23.9. The van der Waals surface area contributed by atoms with Crippen molar-refractivity contribution >= 4 is 11.8 Å². The van der Waals surface area contributed by atoms with Gasteiger partial charge >= 0.3 is 0 Å². The van der Waals surface area contributed by atoms with Gasteiger partial charge in [-0.05, 0) is 22.3 Å². The number of rotatable bonds is 8. The summed E-state index contributed by atoms with van der Waals surface area (Å²) in [4.78, 5) is 8.79. The SMILES string of the molecule is Fc1cnc(NC(c2ccccc2)c2ccccc2)nc1NC(c1ccccc1)c1ccccc1. The molecule has 0 fully saturated rings. The van der Waals surface area contributed by atoms with Gasteiger partial charge in [-0.2, -0.15) is 4.98 Å². The Morgan fingerprint density at radius 2 is 0.886 bits per heavy atom. The van der Waals surface area contributed by atoms with Crippen molar-refractivity contribution in [3.05, 3.63) is 156 Å². The molecule has 5 aromatic rings. The molecule has 0 atom stereocenters. The van der Waals surface area contributed by atoms with Crippen LogP contribution < -0.4 is 10.6 Å². The topological polar surface area (TPSA) is 49.8 Å². The van der Waals surface area contributed by atoms with Crippen molar-refractivity contribution in [3.63, 3.8) is 0 Å². The molecular formula is C30H25FN4. The molecule has 5 rings (SSSR count). The molecule has 4 aromatic carbocycles. The monoisotopic (exact) mass is 460 g/mol. The van der Waals surface area contributed by atoms with Crippen molar-refractivity contribution in [2.45, 2.75) is 12.1 Å². The number of halogens is 1. The Hall–Kier alpha value is -4.51. The fourth-order valence-corrected chi connectivity index (χ4v) is 4.10. The summed E-state index contributed by atoms with van der Waals surface area (Å²) in [6.07, 6.45) is 1.21. The lowest BCUT2D eigenvalue weighted by atomic mass is 9.98. The summed E-state index contributed by atoms with van der Waals surface area (Å²) in [6, 6.07) is 39.6. The van der Waals surface area contributed by atoms with E-state index >= 15 is 0 Å². The van der Waals surface area contributed by atoms with E-state index in [1.807, 2.05) is 121 Å². The number of hydrogen-bond donors (Lipinski definition) is 2. The smallest absolute Gasteiger partial charge is 0.225 e. The molecular weight excluding hydrogens is 435 g/mol. The Bertz CT molecular complexity index is 1270. The Morgan fingerprint density at radius 1 is 0.514 bits per heavy atom. The van der Waals surface area contributed by atoms with Gasteiger partial charge in [0, 0.05) is 0 Å². The molecule has 0 unspecified atom stereocenters. The van der Waals surface area contributed by atoms with Crippen LogP contribution in [0.15, 0.2) is 128 Å². The summed E-state index contributed by atoms with van der Waals surface area (Å²) < 4.78 is 14.9. The molecule has 0 spiro atoms. The highest BCUT2D eigenvalue weighted by atomic mass is 19.1. The number of nitrogens with one attached hydrogen (secondary N) is 2. The Balaban J connectivity index is 1.48. The summed E-state index contributed by atoms with van der Waals surface area (Å²) in [5, 5.41) is 6.71. The van der Waals surface area contributed by atoms with E-state index < -0.39 is 5.82 Å². The van der Waals surface area contributed by atoms with Gasteiger partial charge in [0.1, 0.15) is 0 Å². The largest absolute Gasteiger partial charge is 0.357 e. The molecule has 0 amide bonds. The normalized spacial score (nSPS) is 10.9. The molecule has 35 heavy (non-hydrogen) atoms. The number of anilines is 2. The minimum Gasteiger partial charge on any atom is -0.357 e. The molecule has 1 aromatic heterocycles. The van der Waals surface area contributed by atoms with Crippen LogP contribution in [0, 0.1) is 5.82 Å². The molecule has 2 N–H and O–H groups in total. The van der Waals surface area contributed by atoms with Crippen molar-refractivity contribution < 1.29 is 4.39 Å². The lowest BCUT2D eigenvalue weighted by Gasteiger charge is -2.22. The maximum atomic E-state index is 14.9. The van der Waals surface area contributed by atoms with Crippen LogP contribution in [0.5, 0.6) is 0 Å². The Kier molecular flexibility index (Phi) is 6.76. The zero-order valence-electron chi connectivity index (χ0n) is 19.1. The second-order valence-corrected chi connectivity index (χ2v) is 8.19. The highest BCUT2D eigenvalue weighted by molar-refractivity contribution is 5.49. The molecule has 5 heteroatoms. The summed E-state index contributed by atoms with van der Waals surface area (Å²) in [7, 11) is 0. The first-order valence-corrected chi connectivity index (χ1v) is 11.5. The Labute approximate surface area is 204 Å². The van der Waals surface area contributed by atoms with Gasteiger partial charge in [-0.15, -0.1) is 0 Å². The van der Waals surface area contributed by atoms with Crippen molar-refractivity contribution in [1.82, 2.24) is 9.97 Å². The average Bonchev–Trinajstić information content (AvgIpc) is 2.93. The first kappa shape index (κ1) is 22.3. The molecule has 0 aliphatic carbocycles. The van der Waals surface area contributed by atoms with Crippen LogP contribution in [0.25, 0.3) is 0 Å². The molecule has 4 nitrogen and oxygen atoms in total. The molecule has 0 aliphatic rings. The number of nitrogens with zero attached hydrogens (tertiary/aromatic N) is 2. The van der Waals surface area contributed by atoms with Crippen molar-refractivity contribution in [3.8, 4) is 0 Å². The van der Waals surface area contributed by atoms with Gasteiger partial charge in [0.15, 0.2) is 11.6 Å². The third-order valence-electron chi connectivity index (χ3n) is 5.83. The van der Waals surface area contributed by atoms with Gasteiger partial charge in [0.05, 0.1) is 18.3 Å². The fourth-order valence-electron chi connectivity index (χ4n) is 4.10. The maximum Gasteiger partial charge on any atom is 0.225 e. The maximum absolute atomic E-state index is 14.9. The van der Waals surface area contributed by atoms with E-state index in [1.54, 1.807) is 0 Å².